The largest absolute Gasteiger partial charge is 0.491 e. The summed E-state index contributed by atoms with van der Waals surface area (Å²) in [4.78, 5) is 0. The van der Waals surface area contributed by atoms with Gasteiger partial charge in [0.2, 0.25) is 0 Å². The van der Waals surface area contributed by atoms with Crippen LogP contribution in [0.15, 0.2) is 24.3 Å². The molecule has 1 aromatic rings. The Bertz CT molecular complexity index is 304. The van der Waals surface area contributed by atoms with Crippen LogP contribution in [0.1, 0.15) is 26.7 Å². The molecule has 1 aromatic carbocycles. The molecule has 1 rings (SSSR count). The van der Waals surface area contributed by atoms with Crippen molar-refractivity contribution in [3.8, 4) is 5.75 Å². The SMILES string of the molecule is CCCNCCC(C)Oc1cccc(F)c1. The van der Waals surface area contributed by atoms with Crippen LogP contribution in [0.4, 0.5) is 4.39 Å². The molecule has 0 aromatic heterocycles. The van der Waals surface area contributed by atoms with Crippen LogP contribution in [-0.4, -0.2) is 19.2 Å². The zero-order valence-corrected chi connectivity index (χ0v) is 10.0. The number of hydrogen-bond donors (Lipinski definition) is 1. The van der Waals surface area contributed by atoms with Gasteiger partial charge in [0.25, 0.3) is 0 Å². The van der Waals surface area contributed by atoms with Crippen molar-refractivity contribution in [2.45, 2.75) is 32.8 Å². The van der Waals surface area contributed by atoms with E-state index in [0.29, 0.717) is 5.75 Å². The minimum absolute atomic E-state index is 0.103. The molecule has 1 N–H and O–H groups in total. The predicted octanol–water partition coefficient (Wildman–Crippen LogP) is 2.98. The zero-order chi connectivity index (χ0) is 11.8. The van der Waals surface area contributed by atoms with Gasteiger partial charge in [-0.05, 0) is 45.0 Å². The second-order valence-corrected chi connectivity index (χ2v) is 3.92. The minimum Gasteiger partial charge on any atom is -0.491 e. The fourth-order valence-electron chi connectivity index (χ4n) is 1.44. The van der Waals surface area contributed by atoms with E-state index in [4.69, 9.17) is 4.74 Å². The number of benzene rings is 1. The first-order chi connectivity index (χ1) is 7.72. The molecule has 0 saturated carbocycles. The Kier molecular flexibility index (Phi) is 5.86. The lowest BCUT2D eigenvalue weighted by molar-refractivity contribution is 0.209. The second-order valence-electron chi connectivity index (χ2n) is 3.92. The second kappa shape index (κ2) is 7.23. The van der Waals surface area contributed by atoms with Gasteiger partial charge in [0.15, 0.2) is 0 Å². The fraction of sp³-hybridized carbons (Fsp3) is 0.538. The molecule has 0 saturated heterocycles. The third kappa shape index (κ3) is 5.12. The molecule has 0 spiro atoms. The van der Waals surface area contributed by atoms with Crippen LogP contribution >= 0.6 is 0 Å². The lowest BCUT2D eigenvalue weighted by atomic mass is 10.2. The summed E-state index contributed by atoms with van der Waals surface area (Å²) in [5.41, 5.74) is 0. The summed E-state index contributed by atoms with van der Waals surface area (Å²) in [5.74, 6) is 0.344. The Morgan fingerprint density at radius 1 is 1.38 bits per heavy atom. The van der Waals surface area contributed by atoms with E-state index >= 15 is 0 Å². The maximum Gasteiger partial charge on any atom is 0.126 e. The Labute approximate surface area is 96.8 Å². The molecule has 2 nitrogen and oxygen atoms in total. The molecule has 16 heavy (non-hydrogen) atoms. The van der Waals surface area contributed by atoms with E-state index < -0.39 is 0 Å². The highest BCUT2D eigenvalue weighted by molar-refractivity contribution is 5.22. The van der Waals surface area contributed by atoms with Crippen LogP contribution in [0.25, 0.3) is 0 Å². The predicted molar refractivity (Wildman–Crippen MR) is 64.3 cm³/mol. The van der Waals surface area contributed by atoms with E-state index in [1.807, 2.05) is 6.92 Å². The molecule has 0 heterocycles. The third-order valence-corrected chi connectivity index (χ3v) is 2.29. The van der Waals surface area contributed by atoms with Gasteiger partial charge in [0.1, 0.15) is 11.6 Å². The van der Waals surface area contributed by atoms with Crippen LogP contribution in [0, 0.1) is 5.82 Å². The molecular formula is C13H20FNO. The molecule has 0 bridgehead atoms. The molecule has 0 aliphatic rings. The van der Waals surface area contributed by atoms with Crippen LogP contribution < -0.4 is 10.1 Å². The van der Waals surface area contributed by atoms with Crippen molar-refractivity contribution in [3.63, 3.8) is 0 Å². The normalized spacial score (nSPS) is 12.4. The molecule has 0 radical (unpaired) electrons. The Morgan fingerprint density at radius 2 is 2.19 bits per heavy atom. The van der Waals surface area contributed by atoms with E-state index in [-0.39, 0.29) is 11.9 Å². The highest BCUT2D eigenvalue weighted by Crippen LogP contribution is 2.14. The monoisotopic (exact) mass is 225 g/mol. The summed E-state index contributed by atoms with van der Waals surface area (Å²) < 4.78 is 18.5. The average molecular weight is 225 g/mol. The molecular weight excluding hydrogens is 205 g/mol. The van der Waals surface area contributed by atoms with E-state index in [1.54, 1.807) is 12.1 Å². The van der Waals surface area contributed by atoms with Crippen LogP contribution in [-0.2, 0) is 0 Å². The molecule has 1 unspecified atom stereocenters. The maximum atomic E-state index is 12.9. The first kappa shape index (κ1) is 13.0. The smallest absolute Gasteiger partial charge is 0.126 e. The van der Waals surface area contributed by atoms with Crippen LogP contribution in [0.2, 0.25) is 0 Å². The van der Waals surface area contributed by atoms with Crippen molar-refractivity contribution in [2.75, 3.05) is 13.1 Å². The highest BCUT2D eigenvalue weighted by Gasteiger charge is 2.04. The Balaban J connectivity index is 2.25. The fourth-order valence-corrected chi connectivity index (χ4v) is 1.44. The van der Waals surface area contributed by atoms with Crippen molar-refractivity contribution < 1.29 is 9.13 Å². The quantitative estimate of drug-likeness (QED) is 0.720. The van der Waals surface area contributed by atoms with Gasteiger partial charge in [-0.15, -0.1) is 0 Å². The summed E-state index contributed by atoms with van der Waals surface area (Å²) in [6, 6.07) is 6.27. The highest BCUT2D eigenvalue weighted by atomic mass is 19.1. The summed E-state index contributed by atoms with van der Waals surface area (Å²) in [6.45, 7) is 6.11. The molecule has 3 heteroatoms. The number of nitrogens with one attached hydrogen (secondary N) is 1. The van der Waals surface area contributed by atoms with Crippen LogP contribution in [0.3, 0.4) is 0 Å². The van der Waals surface area contributed by atoms with E-state index in [9.17, 15) is 4.39 Å². The zero-order valence-electron chi connectivity index (χ0n) is 10.0. The minimum atomic E-state index is -0.256. The van der Waals surface area contributed by atoms with Gasteiger partial charge in [-0.25, -0.2) is 4.39 Å². The van der Waals surface area contributed by atoms with Crippen molar-refractivity contribution in [2.24, 2.45) is 0 Å². The van der Waals surface area contributed by atoms with Crippen molar-refractivity contribution in [3.05, 3.63) is 30.1 Å². The Hall–Kier alpha value is -1.09. The standard InChI is InChI=1S/C13H20FNO/c1-3-8-15-9-7-11(2)16-13-6-4-5-12(14)10-13/h4-6,10-11,15H,3,7-9H2,1-2H3. The molecule has 0 amide bonds. The summed E-state index contributed by atoms with van der Waals surface area (Å²) >= 11 is 0. The molecule has 0 aliphatic heterocycles. The first-order valence-electron chi connectivity index (χ1n) is 5.85. The van der Waals surface area contributed by atoms with Gasteiger partial charge in [-0.2, -0.15) is 0 Å². The lowest BCUT2D eigenvalue weighted by Gasteiger charge is -2.14. The molecule has 0 fully saturated rings. The van der Waals surface area contributed by atoms with Crippen molar-refractivity contribution >= 4 is 0 Å². The lowest BCUT2D eigenvalue weighted by Crippen LogP contribution is -2.22. The number of hydrogen-bond acceptors (Lipinski definition) is 2. The maximum absolute atomic E-state index is 12.9. The van der Waals surface area contributed by atoms with Gasteiger partial charge in [0, 0.05) is 6.07 Å². The van der Waals surface area contributed by atoms with Crippen LogP contribution in [0.5, 0.6) is 5.75 Å². The summed E-state index contributed by atoms with van der Waals surface area (Å²) in [5, 5.41) is 3.31. The Morgan fingerprint density at radius 3 is 2.88 bits per heavy atom. The van der Waals surface area contributed by atoms with Gasteiger partial charge in [-0.1, -0.05) is 13.0 Å². The summed E-state index contributed by atoms with van der Waals surface area (Å²) in [7, 11) is 0. The molecule has 1 atom stereocenters. The third-order valence-electron chi connectivity index (χ3n) is 2.29. The van der Waals surface area contributed by atoms with E-state index in [0.717, 1.165) is 25.9 Å². The van der Waals surface area contributed by atoms with Gasteiger partial charge in [0.05, 0.1) is 6.10 Å². The summed E-state index contributed by atoms with van der Waals surface area (Å²) in [6.07, 6.45) is 2.17. The van der Waals surface area contributed by atoms with E-state index in [1.165, 1.54) is 12.1 Å². The number of halogens is 1. The van der Waals surface area contributed by atoms with E-state index in [2.05, 4.69) is 12.2 Å². The van der Waals surface area contributed by atoms with Gasteiger partial charge < -0.3 is 10.1 Å². The topological polar surface area (TPSA) is 21.3 Å². The van der Waals surface area contributed by atoms with Crippen molar-refractivity contribution in [1.29, 1.82) is 0 Å². The first-order valence-corrected chi connectivity index (χ1v) is 5.85. The van der Waals surface area contributed by atoms with Crippen molar-refractivity contribution in [1.82, 2.24) is 5.32 Å². The average Bonchev–Trinajstić information content (AvgIpc) is 2.24. The van der Waals surface area contributed by atoms with Gasteiger partial charge in [-0.3, -0.25) is 0 Å². The molecule has 0 aliphatic carbocycles. The number of rotatable bonds is 7. The number of ether oxygens (including phenoxy) is 1. The van der Waals surface area contributed by atoms with Gasteiger partial charge >= 0.3 is 0 Å². The molecule has 90 valence electrons.